The number of imidazole rings is 2. The van der Waals surface area contributed by atoms with Crippen LogP contribution in [0.3, 0.4) is 0 Å². The van der Waals surface area contributed by atoms with Gasteiger partial charge in [-0.25, -0.2) is 24.5 Å². The summed E-state index contributed by atoms with van der Waals surface area (Å²) in [4.78, 5) is 77.1. The fourth-order valence-corrected chi connectivity index (χ4v) is 8.76. The van der Waals surface area contributed by atoms with Crippen LogP contribution in [0.1, 0.15) is 76.1 Å². The Labute approximate surface area is 341 Å². The Morgan fingerprint density at radius 3 is 2.14 bits per heavy atom. The highest BCUT2D eigenvalue weighted by molar-refractivity contribution is 5.90. The summed E-state index contributed by atoms with van der Waals surface area (Å²) in [7, 11) is 2.59. The molecule has 2 aromatic carbocycles. The maximum absolute atomic E-state index is 14.0. The first kappa shape index (κ1) is 39.8. The zero-order valence-corrected chi connectivity index (χ0v) is 33.8. The van der Waals surface area contributed by atoms with Crippen molar-refractivity contribution in [2.24, 2.45) is 11.8 Å². The van der Waals surface area contributed by atoms with Gasteiger partial charge in [0.15, 0.2) is 0 Å². The van der Waals surface area contributed by atoms with Gasteiger partial charge >= 0.3 is 12.2 Å². The molecule has 8 rings (SSSR count). The Morgan fingerprint density at radius 1 is 0.763 bits per heavy atom. The van der Waals surface area contributed by atoms with E-state index in [1.807, 2.05) is 60.0 Å². The summed E-state index contributed by atoms with van der Waals surface area (Å²) in [5.41, 5.74) is 6.02. The predicted molar refractivity (Wildman–Crippen MR) is 219 cm³/mol. The van der Waals surface area contributed by atoms with Crippen LogP contribution in [0.2, 0.25) is 0 Å². The average Bonchev–Trinajstić information content (AvgIpc) is 4.10. The van der Waals surface area contributed by atoms with Gasteiger partial charge in [0.05, 0.1) is 60.4 Å². The van der Waals surface area contributed by atoms with Crippen molar-refractivity contribution in [2.75, 3.05) is 40.5 Å². The lowest BCUT2D eigenvalue weighted by Crippen LogP contribution is -2.53. The van der Waals surface area contributed by atoms with Gasteiger partial charge in [-0.3, -0.25) is 9.59 Å². The second-order valence-electron chi connectivity index (χ2n) is 15.9. The molecule has 0 spiro atoms. The summed E-state index contributed by atoms with van der Waals surface area (Å²) in [5, 5.41) is 6.48. The zero-order chi connectivity index (χ0) is 41.2. The minimum atomic E-state index is -0.700. The molecule has 0 radical (unpaired) electrons. The number of rotatable bonds is 10. The molecule has 0 saturated carbocycles. The fourth-order valence-electron chi connectivity index (χ4n) is 8.76. The number of aromatic nitrogens is 5. The standard InChI is InChI=1S/C43H51N9O7/c1-24(2)36(49-42(55)57-3)40(53)52-18-6-8-35(52)39-46-30-13-10-27(22-32(30)47-39)26-9-12-29-28(21-26)11-14-31(45-29)33-23-44-38(48-33)34-7-5-17-51(34)41(54)37(50-43(56)58-4)25-15-19-59-20-16-25/h9-14,21-25,34-37H,5-8,15-20H2,1-4H3,(H,44,48)(H,46,47)(H,49,55)(H,50,56). The highest BCUT2D eigenvalue weighted by Gasteiger charge is 2.41. The smallest absolute Gasteiger partial charge is 0.407 e. The molecule has 3 aliphatic heterocycles. The van der Waals surface area contributed by atoms with E-state index < -0.39 is 24.3 Å². The van der Waals surface area contributed by atoms with Gasteiger partial charge in [-0.15, -0.1) is 0 Å². The van der Waals surface area contributed by atoms with Crippen LogP contribution in [-0.4, -0.2) is 111 Å². The van der Waals surface area contributed by atoms with Gasteiger partial charge in [-0.1, -0.05) is 32.0 Å². The van der Waals surface area contributed by atoms with Gasteiger partial charge < -0.3 is 44.6 Å². The molecule has 59 heavy (non-hydrogen) atoms. The van der Waals surface area contributed by atoms with Crippen LogP contribution in [0.5, 0.6) is 0 Å². The number of hydrogen-bond donors (Lipinski definition) is 4. The third-order valence-corrected chi connectivity index (χ3v) is 12.0. The molecule has 4 N–H and O–H groups in total. The van der Waals surface area contributed by atoms with Crippen molar-refractivity contribution in [2.45, 2.75) is 76.5 Å². The van der Waals surface area contributed by atoms with E-state index in [-0.39, 0.29) is 35.7 Å². The number of fused-ring (bicyclic) bond motifs is 2. The SMILES string of the molecule is COC(=O)NC(C(=O)N1CCCC1c1nc2ccc(-c3ccc4nc(-c5cnc(C6CCCN6C(=O)C(NC(=O)OC)C6CCOCC6)[nH]5)ccc4c3)cc2[nH]1)C(C)C. The quantitative estimate of drug-likeness (QED) is 0.129. The number of nitrogens with one attached hydrogen (secondary N) is 4. The number of alkyl carbamates (subject to hydrolysis) is 2. The molecular weight excluding hydrogens is 755 g/mol. The molecule has 16 nitrogen and oxygen atoms in total. The predicted octanol–water partition coefficient (Wildman–Crippen LogP) is 6.03. The van der Waals surface area contributed by atoms with Gasteiger partial charge in [0.25, 0.3) is 0 Å². The number of pyridine rings is 1. The van der Waals surface area contributed by atoms with Crippen molar-refractivity contribution in [3.05, 3.63) is 66.4 Å². The normalized spacial score (nSPS) is 19.6. The molecule has 5 aromatic rings. The molecule has 4 unspecified atom stereocenters. The lowest BCUT2D eigenvalue weighted by atomic mass is 9.90. The fraction of sp³-hybridized carbons (Fsp3) is 0.465. The van der Waals surface area contributed by atoms with Crippen molar-refractivity contribution in [3.63, 3.8) is 0 Å². The molecule has 6 heterocycles. The number of hydrogen-bond acceptors (Lipinski definition) is 10. The van der Waals surface area contributed by atoms with Gasteiger partial charge in [0.1, 0.15) is 23.7 Å². The second-order valence-corrected chi connectivity index (χ2v) is 15.9. The minimum Gasteiger partial charge on any atom is -0.453 e. The Morgan fingerprint density at radius 2 is 1.42 bits per heavy atom. The highest BCUT2D eigenvalue weighted by Crippen LogP contribution is 2.36. The van der Waals surface area contributed by atoms with Crippen molar-refractivity contribution < 1.29 is 33.4 Å². The lowest BCUT2D eigenvalue weighted by molar-refractivity contribution is -0.137. The monoisotopic (exact) mass is 805 g/mol. The van der Waals surface area contributed by atoms with Crippen molar-refractivity contribution >= 4 is 45.9 Å². The number of likely N-dealkylation sites (tertiary alicyclic amines) is 2. The Hall–Kier alpha value is -6.03. The molecule has 310 valence electrons. The number of amides is 4. The first-order valence-electron chi connectivity index (χ1n) is 20.5. The van der Waals surface area contributed by atoms with E-state index in [9.17, 15) is 19.2 Å². The van der Waals surface area contributed by atoms with Crippen LogP contribution < -0.4 is 10.6 Å². The molecular formula is C43H51N9O7. The lowest BCUT2D eigenvalue weighted by Gasteiger charge is -2.34. The highest BCUT2D eigenvalue weighted by atomic mass is 16.5. The second kappa shape index (κ2) is 17.1. The largest absolute Gasteiger partial charge is 0.453 e. The molecule has 16 heteroatoms. The zero-order valence-electron chi connectivity index (χ0n) is 33.8. The van der Waals surface area contributed by atoms with Gasteiger partial charge in [-0.2, -0.15) is 0 Å². The number of methoxy groups -OCH3 is 2. The molecule has 0 bridgehead atoms. The third kappa shape index (κ3) is 8.18. The average molecular weight is 806 g/mol. The summed E-state index contributed by atoms with van der Waals surface area (Å²) >= 11 is 0. The van der Waals surface area contributed by atoms with Crippen LogP contribution in [0.25, 0.3) is 44.5 Å². The minimum absolute atomic E-state index is 0.0400. The Balaban J connectivity index is 0.977. The molecule has 3 saturated heterocycles. The van der Waals surface area contributed by atoms with Crippen molar-refractivity contribution in [1.82, 2.24) is 45.4 Å². The molecule has 3 fully saturated rings. The Bertz CT molecular complexity index is 2350. The van der Waals surface area contributed by atoms with E-state index in [0.717, 1.165) is 76.0 Å². The summed E-state index contributed by atoms with van der Waals surface area (Å²) in [5.74, 6) is 0.980. The maximum atomic E-state index is 14.0. The number of carbonyl (C=O) groups excluding carboxylic acids is 4. The van der Waals surface area contributed by atoms with Gasteiger partial charge in [0.2, 0.25) is 11.8 Å². The number of benzene rings is 2. The van der Waals surface area contributed by atoms with Crippen LogP contribution >= 0.6 is 0 Å². The van der Waals surface area contributed by atoms with Crippen molar-refractivity contribution in [1.29, 1.82) is 0 Å². The molecule has 4 amide bonds. The number of nitrogens with zero attached hydrogens (tertiary/aromatic N) is 5. The number of carbonyl (C=O) groups is 4. The van der Waals surface area contributed by atoms with E-state index in [4.69, 9.17) is 29.2 Å². The van der Waals surface area contributed by atoms with Crippen LogP contribution in [0.15, 0.2) is 54.7 Å². The van der Waals surface area contributed by atoms with E-state index in [2.05, 4.69) is 32.7 Å². The first-order valence-corrected chi connectivity index (χ1v) is 20.5. The summed E-state index contributed by atoms with van der Waals surface area (Å²) < 4.78 is 15.2. The van der Waals surface area contributed by atoms with E-state index >= 15 is 0 Å². The molecule has 3 aliphatic rings. The van der Waals surface area contributed by atoms with E-state index in [1.54, 1.807) is 6.20 Å². The molecule has 4 atom stereocenters. The van der Waals surface area contributed by atoms with Gasteiger partial charge in [0, 0.05) is 31.7 Å². The molecule has 0 aliphatic carbocycles. The van der Waals surface area contributed by atoms with Crippen LogP contribution in [0, 0.1) is 11.8 Å². The topological polar surface area (TPSA) is 197 Å². The van der Waals surface area contributed by atoms with Crippen molar-refractivity contribution in [3.8, 4) is 22.5 Å². The summed E-state index contributed by atoms with van der Waals surface area (Å²) in [6, 6.07) is 14.4. The number of aromatic amines is 2. The summed E-state index contributed by atoms with van der Waals surface area (Å²) in [6.07, 6.45) is 5.07. The first-order chi connectivity index (χ1) is 28.6. The van der Waals surface area contributed by atoms with E-state index in [1.165, 1.54) is 14.2 Å². The van der Waals surface area contributed by atoms with E-state index in [0.29, 0.717) is 45.0 Å². The molecule has 3 aromatic heterocycles. The third-order valence-electron chi connectivity index (χ3n) is 12.0. The number of ether oxygens (including phenoxy) is 3. The number of H-pyrrole nitrogens is 2. The maximum Gasteiger partial charge on any atom is 0.407 e. The summed E-state index contributed by atoms with van der Waals surface area (Å²) in [6.45, 7) is 6.06. The Kier molecular flexibility index (Phi) is 11.5. The van der Waals surface area contributed by atoms with Crippen LogP contribution in [-0.2, 0) is 23.8 Å². The van der Waals surface area contributed by atoms with Crippen LogP contribution in [0.4, 0.5) is 9.59 Å². The van der Waals surface area contributed by atoms with Gasteiger partial charge in [-0.05, 0) is 91.8 Å².